The Kier molecular flexibility index (Phi) is 3.53. The molecule has 16 heavy (non-hydrogen) atoms. The second-order valence-corrected chi connectivity index (χ2v) is 6.26. The van der Waals surface area contributed by atoms with Crippen LogP contribution < -0.4 is 4.90 Å². The van der Waals surface area contributed by atoms with Crippen LogP contribution in [0.25, 0.3) is 0 Å². The van der Waals surface area contributed by atoms with E-state index in [1.807, 2.05) is 6.20 Å². The van der Waals surface area contributed by atoms with Gasteiger partial charge in [0.05, 0.1) is 0 Å². The van der Waals surface area contributed by atoms with Crippen LogP contribution in [0.2, 0.25) is 0 Å². The molecule has 2 nitrogen and oxygen atoms in total. The van der Waals surface area contributed by atoms with Crippen molar-refractivity contribution in [1.29, 1.82) is 0 Å². The first-order valence-corrected chi connectivity index (χ1v) is 6.73. The van der Waals surface area contributed by atoms with Crippen molar-refractivity contribution in [2.75, 3.05) is 18.0 Å². The summed E-state index contributed by atoms with van der Waals surface area (Å²) >= 11 is 3.42. The lowest BCUT2D eigenvalue weighted by atomic mass is 9.85. The third kappa shape index (κ3) is 2.97. The lowest BCUT2D eigenvalue weighted by Crippen LogP contribution is -2.25. The molecule has 0 saturated carbocycles. The molecule has 3 heteroatoms. The first-order chi connectivity index (χ1) is 7.57. The molecule has 0 bridgehead atoms. The maximum Gasteiger partial charge on any atom is 0.128 e. The van der Waals surface area contributed by atoms with E-state index in [0.29, 0.717) is 5.41 Å². The van der Waals surface area contributed by atoms with Gasteiger partial charge in [0.25, 0.3) is 0 Å². The van der Waals surface area contributed by atoms with Gasteiger partial charge in [-0.15, -0.1) is 0 Å². The van der Waals surface area contributed by atoms with Gasteiger partial charge in [0, 0.05) is 23.8 Å². The smallest absolute Gasteiger partial charge is 0.128 e. The minimum atomic E-state index is 0.490. The molecule has 1 aliphatic heterocycles. The van der Waals surface area contributed by atoms with Crippen molar-refractivity contribution in [3.63, 3.8) is 0 Å². The van der Waals surface area contributed by atoms with E-state index in [0.717, 1.165) is 23.4 Å². The molecule has 88 valence electrons. The van der Waals surface area contributed by atoms with Crippen molar-refractivity contribution in [2.24, 2.45) is 5.41 Å². The Labute approximate surface area is 106 Å². The summed E-state index contributed by atoms with van der Waals surface area (Å²) in [5.41, 5.74) is 0.490. The molecule has 0 aliphatic carbocycles. The Hall–Kier alpha value is -0.570. The summed E-state index contributed by atoms with van der Waals surface area (Å²) < 4.78 is 1.05. The minimum absolute atomic E-state index is 0.490. The molecule has 0 aromatic carbocycles. The fourth-order valence-corrected chi connectivity index (χ4v) is 2.44. The van der Waals surface area contributed by atoms with Gasteiger partial charge < -0.3 is 4.90 Å². The summed E-state index contributed by atoms with van der Waals surface area (Å²) in [6, 6.07) is 4.17. The van der Waals surface area contributed by atoms with E-state index in [2.05, 4.69) is 51.8 Å². The van der Waals surface area contributed by atoms with Gasteiger partial charge in [-0.1, -0.05) is 13.8 Å². The Morgan fingerprint density at radius 2 is 2.06 bits per heavy atom. The van der Waals surface area contributed by atoms with Gasteiger partial charge in [-0.05, 0) is 52.7 Å². The van der Waals surface area contributed by atoms with Crippen LogP contribution in [0.3, 0.4) is 0 Å². The quantitative estimate of drug-likeness (QED) is 0.778. The van der Waals surface area contributed by atoms with E-state index < -0.39 is 0 Å². The lowest BCUT2D eigenvalue weighted by molar-refractivity contribution is 0.325. The van der Waals surface area contributed by atoms with Gasteiger partial charge in [-0.2, -0.15) is 0 Å². The highest BCUT2D eigenvalue weighted by atomic mass is 79.9. The normalized spacial score (nSPS) is 20.6. The van der Waals surface area contributed by atoms with Crippen LogP contribution in [0.1, 0.15) is 33.1 Å². The highest BCUT2D eigenvalue weighted by Crippen LogP contribution is 2.31. The number of hydrogen-bond acceptors (Lipinski definition) is 2. The maximum absolute atomic E-state index is 4.47. The second-order valence-electron chi connectivity index (χ2n) is 5.34. The van der Waals surface area contributed by atoms with E-state index in [-0.39, 0.29) is 0 Å². The number of pyridine rings is 1. The SMILES string of the molecule is CC1(C)CCCN(c2ccc(Br)cn2)CC1. The molecular weight excluding hydrogens is 264 g/mol. The molecule has 1 aromatic heterocycles. The van der Waals surface area contributed by atoms with Crippen molar-refractivity contribution in [3.05, 3.63) is 22.8 Å². The standard InChI is InChI=1S/C13H19BrN2/c1-13(2)6-3-8-16(9-7-13)12-5-4-11(14)10-15-12/h4-5,10H,3,6-9H2,1-2H3. The number of hydrogen-bond donors (Lipinski definition) is 0. The highest BCUT2D eigenvalue weighted by molar-refractivity contribution is 9.10. The molecule has 2 heterocycles. The Morgan fingerprint density at radius 3 is 2.75 bits per heavy atom. The number of anilines is 1. The zero-order chi connectivity index (χ0) is 11.6. The largest absolute Gasteiger partial charge is 0.357 e. The predicted octanol–water partition coefficient (Wildman–Crippen LogP) is 3.86. The summed E-state index contributed by atoms with van der Waals surface area (Å²) in [6.45, 7) is 7.00. The Bertz CT molecular complexity index is 345. The van der Waals surface area contributed by atoms with Crippen LogP contribution in [0.4, 0.5) is 5.82 Å². The van der Waals surface area contributed by atoms with Gasteiger partial charge in [-0.25, -0.2) is 4.98 Å². The minimum Gasteiger partial charge on any atom is -0.357 e. The third-order valence-corrected chi connectivity index (χ3v) is 3.84. The van der Waals surface area contributed by atoms with Crippen molar-refractivity contribution in [3.8, 4) is 0 Å². The molecule has 0 radical (unpaired) electrons. The molecule has 0 amide bonds. The average molecular weight is 283 g/mol. The summed E-state index contributed by atoms with van der Waals surface area (Å²) in [4.78, 5) is 6.87. The zero-order valence-electron chi connectivity index (χ0n) is 10.0. The highest BCUT2D eigenvalue weighted by Gasteiger charge is 2.23. The topological polar surface area (TPSA) is 16.1 Å². The Morgan fingerprint density at radius 1 is 1.25 bits per heavy atom. The second kappa shape index (κ2) is 4.74. The average Bonchev–Trinajstić information content (AvgIpc) is 2.41. The van der Waals surface area contributed by atoms with Crippen LogP contribution >= 0.6 is 15.9 Å². The summed E-state index contributed by atoms with van der Waals surface area (Å²) in [6.07, 6.45) is 5.72. The van der Waals surface area contributed by atoms with E-state index in [1.54, 1.807) is 0 Å². The molecule has 0 N–H and O–H groups in total. The van der Waals surface area contributed by atoms with E-state index >= 15 is 0 Å². The summed E-state index contributed by atoms with van der Waals surface area (Å²) in [7, 11) is 0. The molecule has 1 aliphatic rings. The number of halogens is 1. The summed E-state index contributed by atoms with van der Waals surface area (Å²) in [5.74, 6) is 1.11. The maximum atomic E-state index is 4.47. The van der Waals surface area contributed by atoms with E-state index in [1.165, 1.54) is 19.3 Å². The summed E-state index contributed by atoms with van der Waals surface area (Å²) in [5, 5.41) is 0. The first-order valence-electron chi connectivity index (χ1n) is 5.93. The first kappa shape index (κ1) is 11.9. The number of rotatable bonds is 1. The molecule has 0 atom stereocenters. The van der Waals surface area contributed by atoms with Crippen molar-refractivity contribution >= 4 is 21.7 Å². The number of nitrogens with zero attached hydrogens (tertiary/aromatic N) is 2. The van der Waals surface area contributed by atoms with Gasteiger partial charge in [0.2, 0.25) is 0 Å². The van der Waals surface area contributed by atoms with Gasteiger partial charge in [0.15, 0.2) is 0 Å². The Balaban J connectivity index is 2.08. The van der Waals surface area contributed by atoms with Crippen molar-refractivity contribution < 1.29 is 0 Å². The van der Waals surface area contributed by atoms with Crippen LogP contribution in [0, 0.1) is 5.41 Å². The van der Waals surface area contributed by atoms with Gasteiger partial charge in [0.1, 0.15) is 5.82 Å². The van der Waals surface area contributed by atoms with Crippen molar-refractivity contribution in [2.45, 2.75) is 33.1 Å². The number of aromatic nitrogens is 1. The third-order valence-electron chi connectivity index (χ3n) is 3.38. The van der Waals surface area contributed by atoms with Crippen LogP contribution in [-0.4, -0.2) is 18.1 Å². The lowest BCUT2D eigenvalue weighted by Gasteiger charge is -2.24. The van der Waals surface area contributed by atoms with Crippen LogP contribution in [-0.2, 0) is 0 Å². The fourth-order valence-electron chi connectivity index (χ4n) is 2.21. The van der Waals surface area contributed by atoms with Gasteiger partial charge in [-0.3, -0.25) is 0 Å². The molecule has 0 spiro atoms. The molecule has 1 aromatic rings. The predicted molar refractivity (Wildman–Crippen MR) is 71.8 cm³/mol. The fraction of sp³-hybridized carbons (Fsp3) is 0.615. The molecule has 2 rings (SSSR count). The van der Waals surface area contributed by atoms with Crippen LogP contribution in [0.5, 0.6) is 0 Å². The zero-order valence-corrected chi connectivity index (χ0v) is 11.6. The molecule has 1 saturated heterocycles. The van der Waals surface area contributed by atoms with E-state index in [9.17, 15) is 0 Å². The van der Waals surface area contributed by atoms with Gasteiger partial charge >= 0.3 is 0 Å². The monoisotopic (exact) mass is 282 g/mol. The molecule has 1 fully saturated rings. The molecule has 0 unspecified atom stereocenters. The molecular formula is C13H19BrN2. The van der Waals surface area contributed by atoms with Crippen LogP contribution in [0.15, 0.2) is 22.8 Å². The van der Waals surface area contributed by atoms with E-state index in [4.69, 9.17) is 0 Å². The van der Waals surface area contributed by atoms with Crippen molar-refractivity contribution in [1.82, 2.24) is 4.98 Å².